The highest BCUT2D eigenvalue weighted by molar-refractivity contribution is 5.24. The van der Waals surface area contributed by atoms with Crippen molar-refractivity contribution in [2.24, 2.45) is 11.8 Å². The molecule has 0 spiro atoms. The van der Waals surface area contributed by atoms with Gasteiger partial charge in [0.2, 0.25) is 0 Å². The van der Waals surface area contributed by atoms with Crippen molar-refractivity contribution in [1.29, 1.82) is 0 Å². The van der Waals surface area contributed by atoms with Crippen LogP contribution in [0.25, 0.3) is 0 Å². The summed E-state index contributed by atoms with van der Waals surface area (Å²) < 4.78 is 0. The van der Waals surface area contributed by atoms with E-state index >= 15 is 0 Å². The molecule has 1 fully saturated rings. The second-order valence-electron chi connectivity index (χ2n) is 6.82. The van der Waals surface area contributed by atoms with Gasteiger partial charge in [0.05, 0.1) is 0 Å². The molecule has 0 atom stereocenters. The molecule has 112 valence electrons. The number of benzene rings is 1. The molecule has 1 heteroatoms. The van der Waals surface area contributed by atoms with Crippen molar-refractivity contribution in [3.8, 4) is 0 Å². The second-order valence-corrected chi connectivity index (χ2v) is 6.82. The third-order valence-electron chi connectivity index (χ3n) is 4.95. The van der Waals surface area contributed by atoms with Gasteiger partial charge in [0.1, 0.15) is 0 Å². The summed E-state index contributed by atoms with van der Waals surface area (Å²) >= 11 is 0. The molecular formula is C19H31N. The number of rotatable bonds is 6. The minimum atomic E-state index is 0.630. The average Bonchev–Trinajstić information content (AvgIpc) is 2.48. The molecule has 2 rings (SSSR count). The van der Waals surface area contributed by atoms with Crippen molar-refractivity contribution in [2.45, 2.75) is 65.3 Å². The van der Waals surface area contributed by atoms with Gasteiger partial charge < -0.3 is 5.32 Å². The lowest BCUT2D eigenvalue weighted by atomic mass is 9.81. The highest BCUT2D eigenvalue weighted by Crippen LogP contribution is 2.30. The maximum absolute atomic E-state index is 3.65. The topological polar surface area (TPSA) is 12.0 Å². The van der Waals surface area contributed by atoms with Crippen LogP contribution in [0.3, 0.4) is 0 Å². The van der Waals surface area contributed by atoms with E-state index < -0.39 is 0 Å². The second kappa shape index (κ2) is 7.83. The zero-order valence-corrected chi connectivity index (χ0v) is 13.5. The lowest BCUT2D eigenvalue weighted by molar-refractivity contribution is 0.262. The molecule has 1 aromatic rings. The third-order valence-corrected chi connectivity index (χ3v) is 4.95. The van der Waals surface area contributed by atoms with Crippen LogP contribution in [0.4, 0.5) is 0 Å². The van der Waals surface area contributed by atoms with Crippen LogP contribution in [0.2, 0.25) is 0 Å². The van der Waals surface area contributed by atoms with Crippen LogP contribution < -0.4 is 5.32 Å². The Morgan fingerprint density at radius 1 is 1.00 bits per heavy atom. The van der Waals surface area contributed by atoms with Gasteiger partial charge in [0, 0.05) is 6.54 Å². The first-order chi connectivity index (χ1) is 9.69. The van der Waals surface area contributed by atoms with Crippen molar-refractivity contribution in [3.05, 3.63) is 35.4 Å². The predicted octanol–water partition coefficient (Wildman–Crippen LogP) is 5.12. The van der Waals surface area contributed by atoms with Crippen LogP contribution in [-0.2, 0) is 6.54 Å². The van der Waals surface area contributed by atoms with Gasteiger partial charge in [-0.25, -0.2) is 0 Å². The average molecular weight is 273 g/mol. The van der Waals surface area contributed by atoms with Crippen molar-refractivity contribution < 1.29 is 0 Å². The van der Waals surface area contributed by atoms with Crippen LogP contribution in [0.1, 0.15) is 69.9 Å². The molecule has 1 aliphatic carbocycles. The van der Waals surface area contributed by atoms with Crippen LogP contribution in [0.5, 0.6) is 0 Å². The summed E-state index contributed by atoms with van der Waals surface area (Å²) in [5.74, 6) is 2.55. The minimum absolute atomic E-state index is 0.630. The van der Waals surface area contributed by atoms with E-state index in [-0.39, 0.29) is 0 Å². The lowest BCUT2D eigenvalue weighted by Crippen LogP contribution is -2.26. The van der Waals surface area contributed by atoms with Gasteiger partial charge in [-0.1, -0.05) is 64.3 Å². The standard InChI is InChI=1S/C19H31N/c1-4-16-5-7-17(8-6-16)13-20-14-18-9-11-19(12-10-18)15(2)3/h9-12,15-17,20H,4-8,13-14H2,1-3H3. The van der Waals surface area contributed by atoms with E-state index in [4.69, 9.17) is 0 Å². The minimum Gasteiger partial charge on any atom is -0.312 e. The van der Waals surface area contributed by atoms with Gasteiger partial charge in [0.15, 0.2) is 0 Å². The smallest absolute Gasteiger partial charge is 0.0205 e. The fourth-order valence-corrected chi connectivity index (χ4v) is 3.28. The van der Waals surface area contributed by atoms with E-state index in [9.17, 15) is 0 Å². The summed E-state index contributed by atoms with van der Waals surface area (Å²) in [4.78, 5) is 0. The molecule has 1 saturated carbocycles. The lowest BCUT2D eigenvalue weighted by Gasteiger charge is -2.27. The summed E-state index contributed by atoms with van der Waals surface area (Å²) in [6.45, 7) is 9.05. The van der Waals surface area contributed by atoms with Crippen LogP contribution in [0.15, 0.2) is 24.3 Å². The first kappa shape index (κ1) is 15.6. The van der Waals surface area contributed by atoms with Gasteiger partial charge in [-0.05, 0) is 48.3 Å². The molecular weight excluding hydrogens is 242 g/mol. The van der Waals surface area contributed by atoms with Gasteiger partial charge in [-0.15, -0.1) is 0 Å². The van der Waals surface area contributed by atoms with Crippen LogP contribution >= 0.6 is 0 Å². The molecule has 0 unspecified atom stereocenters. The van der Waals surface area contributed by atoms with Gasteiger partial charge in [0.25, 0.3) is 0 Å². The molecule has 1 N–H and O–H groups in total. The normalized spacial score (nSPS) is 23.2. The summed E-state index contributed by atoms with van der Waals surface area (Å²) in [6.07, 6.45) is 7.13. The Kier molecular flexibility index (Phi) is 6.09. The van der Waals surface area contributed by atoms with E-state index in [1.54, 1.807) is 0 Å². The van der Waals surface area contributed by atoms with E-state index in [0.717, 1.165) is 18.4 Å². The quantitative estimate of drug-likeness (QED) is 0.759. The third kappa shape index (κ3) is 4.63. The van der Waals surface area contributed by atoms with Crippen LogP contribution in [0, 0.1) is 11.8 Å². The summed E-state index contributed by atoms with van der Waals surface area (Å²) in [5, 5.41) is 3.65. The molecule has 0 saturated heterocycles. The van der Waals surface area contributed by atoms with E-state index in [0.29, 0.717) is 5.92 Å². The number of hydrogen-bond acceptors (Lipinski definition) is 1. The number of nitrogens with one attached hydrogen (secondary N) is 1. The first-order valence-electron chi connectivity index (χ1n) is 8.48. The number of hydrogen-bond donors (Lipinski definition) is 1. The Labute approximate surface area is 125 Å². The fourth-order valence-electron chi connectivity index (χ4n) is 3.28. The van der Waals surface area contributed by atoms with Gasteiger partial charge in [-0.2, -0.15) is 0 Å². The Morgan fingerprint density at radius 3 is 2.15 bits per heavy atom. The van der Waals surface area contributed by atoms with E-state index in [1.807, 2.05) is 0 Å². The highest BCUT2D eigenvalue weighted by Gasteiger charge is 2.19. The summed E-state index contributed by atoms with van der Waals surface area (Å²) in [5.41, 5.74) is 2.85. The van der Waals surface area contributed by atoms with Crippen molar-refractivity contribution >= 4 is 0 Å². The van der Waals surface area contributed by atoms with Crippen molar-refractivity contribution in [1.82, 2.24) is 5.32 Å². The SMILES string of the molecule is CCC1CCC(CNCc2ccc(C(C)C)cc2)CC1. The van der Waals surface area contributed by atoms with E-state index in [1.165, 1.54) is 49.8 Å². The molecule has 1 aromatic carbocycles. The van der Waals surface area contributed by atoms with Crippen LogP contribution in [-0.4, -0.2) is 6.54 Å². The van der Waals surface area contributed by atoms with Gasteiger partial charge in [-0.3, -0.25) is 0 Å². The maximum atomic E-state index is 3.65. The van der Waals surface area contributed by atoms with Crippen molar-refractivity contribution in [3.63, 3.8) is 0 Å². The summed E-state index contributed by atoms with van der Waals surface area (Å²) in [7, 11) is 0. The zero-order valence-electron chi connectivity index (χ0n) is 13.5. The summed E-state index contributed by atoms with van der Waals surface area (Å²) in [6, 6.07) is 9.09. The molecule has 0 amide bonds. The first-order valence-corrected chi connectivity index (χ1v) is 8.48. The monoisotopic (exact) mass is 273 g/mol. The molecule has 20 heavy (non-hydrogen) atoms. The Morgan fingerprint density at radius 2 is 1.60 bits per heavy atom. The molecule has 0 aliphatic heterocycles. The molecule has 0 bridgehead atoms. The molecule has 0 radical (unpaired) electrons. The largest absolute Gasteiger partial charge is 0.312 e. The highest BCUT2D eigenvalue weighted by atomic mass is 14.9. The van der Waals surface area contributed by atoms with Crippen molar-refractivity contribution in [2.75, 3.05) is 6.54 Å². The molecule has 1 nitrogen and oxygen atoms in total. The Hall–Kier alpha value is -0.820. The van der Waals surface area contributed by atoms with Gasteiger partial charge >= 0.3 is 0 Å². The Bertz CT molecular complexity index is 371. The molecule has 0 heterocycles. The van der Waals surface area contributed by atoms with E-state index in [2.05, 4.69) is 50.4 Å². The zero-order chi connectivity index (χ0) is 14.4. The fraction of sp³-hybridized carbons (Fsp3) is 0.684. The predicted molar refractivity (Wildman–Crippen MR) is 88.0 cm³/mol. The Balaban J connectivity index is 1.68. The maximum Gasteiger partial charge on any atom is 0.0205 e. The molecule has 1 aliphatic rings. The molecule has 0 aromatic heterocycles.